The van der Waals surface area contributed by atoms with Gasteiger partial charge in [-0.15, -0.1) is 24.0 Å². The van der Waals surface area contributed by atoms with E-state index in [9.17, 15) is 0 Å². The first-order chi connectivity index (χ1) is 15.8. The number of hydrogen-bond acceptors (Lipinski definition) is 5. The molecule has 4 rings (SSSR count). The van der Waals surface area contributed by atoms with Gasteiger partial charge in [0, 0.05) is 30.9 Å². The standard InChI is InChI=1S/C25H25N5O2.HI/c1-26-25(29-16-22-18-32-24(30-22)20-11-6-3-7-12-20)28-15-21-13-8-14-27-23(21)31-17-19-9-4-2-5-10-19;/h2-14,18H,15-17H2,1H3,(H2,26,28,29);1H. The van der Waals surface area contributed by atoms with Crippen LogP contribution in [-0.4, -0.2) is 23.0 Å². The molecule has 2 aromatic carbocycles. The van der Waals surface area contributed by atoms with Crippen LogP contribution >= 0.6 is 24.0 Å². The number of hydrogen-bond donors (Lipinski definition) is 2. The summed E-state index contributed by atoms with van der Waals surface area (Å²) in [5, 5.41) is 6.55. The van der Waals surface area contributed by atoms with Crippen LogP contribution in [0.5, 0.6) is 5.88 Å². The van der Waals surface area contributed by atoms with Crippen molar-refractivity contribution in [2.75, 3.05) is 7.05 Å². The quantitative estimate of drug-likeness (QED) is 0.185. The Morgan fingerprint density at radius 2 is 1.67 bits per heavy atom. The first-order valence-corrected chi connectivity index (χ1v) is 10.4. The van der Waals surface area contributed by atoms with Crippen molar-refractivity contribution in [2.45, 2.75) is 19.7 Å². The van der Waals surface area contributed by atoms with E-state index in [4.69, 9.17) is 9.15 Å². The maximum atomic E-state index is 5.93. The summed E-state index contributed by atoms with van der Waals surface area (Å²) < 4.78 is 11.5. The largest absolute Gasteiger partial charge is 0.473 e. The minimum Gasteiger partial charge on any atom is -0.473 e. The van der Waals surface area contributed by atoms with Gasteiger partial charge in [-0.2, -0.15) is 0 Å². The van der Waals surface area contributed by atoms with Gasteiger partial charge in [-0.3, -0.25) is 4.99 Å². The Labute approximate surface area is 210 Å². The SMILES string of the molecule is CN=C(NCc1coc(-c2ccccc2)n1)NCc1cccnc1OCc1ccccc1.I. The van der Waals surface area contributed by atoms with Crippen molar-refractivity contribution >= 4 is 29.9 Å². The van der Waals surface area contributed by atoms with Gasteiger partial charge in [0.25, 0.3) is 0 Å². The molecule has 2 N–H and O–H groups in total. The molecule has 0 saturated carbocycles. The molecule has 0 atom stereocenters. The lowest BCUT2D eigenvalue weighted by Gasteiger charge is -2.13. The van der Waals surface area contributed by atoms with E-state index in [1.54, 1.807) is 19.5 Å². The second-order valence-electron chi connectivity index (χ2n) is 7.03. The molecule has 0 radical (unpaired) electrons. The van der Waals surface area contributed by atoms with Gasteiger partial charge < -0.3 is 19.8 Å². The highest BCUT2D eigenvalue weighted by molar-refractivity contribution is 14.0. The monoisotopic (exact) mass is 555 g/mol. The van der Waals surface area contributed by atoms with Crippen LogP contribution in [0, 0.1) is 0 Å². The van der Waals surface area contributed by atoms with Crippen LogP contribution in [0.15, 0.2) is 94.7 Å². The van der Waals surface area contributed by atoms with Gasteiger partial charge in [-0.25, -0.2) is 9.97 Å². The average molecular weight is 555 g/mol. The molecule has 33 heavy (non-hydrogen) atoms. The molecule has 170 valence electrons. The molecule has 0 amide bonds. The zero-order valence-electron chi connectivity index (χ0n) is 18.3. The number of rotatable bonds is 8. The van der Waals surface area contributed by atoms with Crippen LogP contribution < -0.4 is 15.4 Å². The van der Waals surface area contributed by atoms with Gasteiger partial charge >= 0.3 is 0 Å². The molecule has 0 aliphatic heterocycles. The van der Waals surface area contributed by atoms with Crippen molar-refractivity contribution in [1.29, 1.82) is 0 Å². The summed E-state index contributed by atoms with van der Waals surface area (Å²) in [5.41, 5.74) is 3.78. The molecule has 0 aliphatic rings. The van der Waals surface area contributed by atoms with Crippen molar-refractivity contribution in [3.8, 4) is 17.3 Å². The molecule has 7 nitrogen and oxygen atoms in total. The molecule has 2 heterocycles. The number of nitrogens with one attached hydrogen (secondary N) is 2. The fourth-order valence-corrected chi connectivity index (χ4v) is 3.09. The van der Waals surface area contributed by atoms with E-state index in [1.807, 2.05) is 72.8 Å². The fourth-order valence-electron chi connectivity index (χ4n) is 3.09. The molecule has 0 fully saturated rings. The summed E-state index contributed by atoms with van der Waals surface area (Å²) in [6.07, 6.45) is 3.38. The molecule has 0 spiro atoms. The summed E-state index contributed by atoms with van der Waals surface area (Å²) >= 11 is 0. The number of pyridine rings is 1. The van der Waals surface area contributed by atoms with Crippen molar-refractivity contribution in [1.82, 2.24) is 20.6 Å². The lowest BCUT2D eigenvalue weighted by atomic mass is 10.2. The summed E-state index contributed by atoms with van der Waals surface area (Å²) in [7, 11) is 1.73. The fraction of sp³-hybridized carbons (Fsp3) is 0.160. The molecular weight excluding hydrogens is 529 g/mol. The van der Waals surface area contributed by atoms with E-state index in [0.29, 0.717) is 37.4 Å². The highest BCUT2D eigenvalue weighted by Gasteiger charge is 2.09. The van der Waals surface area contributed by atoms with Crippen molar-refractivity contribution < 1.29 is 9.15 Å². The molecular formula is C25H26IN5O2. The maximum Gasteiger partial charge on any atom is 0.226 e. The minimum absolute atomic E-state index is 0. The number of guanidine groups is 1. The Kier molecular flexibility index (Phi) is 9.25. The van der Waals surface area contributed by atoms with E-state index < -0.39 is 0 Å². The third-order valence-corrected chi connectivity index (χ3v) is 4.75. The predicted molar refractivity (Wildman–Crippen MR) is 139 cm³/mol. The van der Waals surface area contributed by atoms with E-state index in [-0.39, 0.29) is 24.0 Å². The zero-order valence-corrected chi connectivity index (χ0v) is 20.6. The second-order valence-corrected chi connectivity index (χ2v) is 7.03. The number of benzene rings is 2. The molecule has 0 saturated heterocycles. The molecule has 0 aliphatic carbocycles. The van der Waals surface area contributed by atoms with E-state index in [0.717, 1.165) is 22.4 Å². The molecule has 2 aromatic heterocycles. The Hall–Kier alpha value is -3.40. The highest BCUT2D eigenvalue weighted by atomic mass is 127. The number of oxazole rings is 1. The smallest absolute Gasteiger partial charge is 0.226 e. The summed E-state index contributed by atoms with van der Waals surface area (Å²) in [6, 6.07) is 23.7. The first kappa shape index (κ1) is 24.2. The summed E-state index contributed by atoms with van der Waals surface area (Å²) in [5.74, 6) is 1.84. The van der Waals surface area contributed by atoms with Gasteiger partial charge in [-0.1, -0.05) is 54.6 Å². The average Bonchev–Trinajstić information content (AvgIpc) is 3.34. The van der Waals surface area contributed by atoms with Gasteiger partial charge in [0.2, 0.25) is 11.8 Å². The van der Waals surface area contributed by atoms with Crippen molar-refractivity contribution in [3.05, 3.63) is 102 Å². The van der Waals surface area contributed by atoms with Crippen LogP contribution in [0.25, 0.3) is 11.5 Å². The second kappa shape index (κ2) is 12.6. The van der Waals surface area contributed by atoms with Crippen LogP contribution in [-0.2, 0) is 19.7 Å². The van der Waals surface area contributed by atoms with Gasteiger partial charge in [0.1, 0.15) is 12.9 Å². The maximum absolute atomic E-state index is 5.93. The van der Waals surface area contributed by atoms with Gasteiger partial charge in [0.15, 0.2) is 5.96 Å². The molecule has 0 unspecified atom stereocenters. The van der Waals surface area contributed by atoms with Crippen LogP contribution in [0.3, 0.4) is 0 Å². The van der Waals surface area contributed by atoms with Gasteiger partial charge in [-0.05, 0) is 23.8 Å². The van der Waals surface area contributed by atoms with Crippen LogP contribution in [0.4, 0.5) is 0 Å². The Morgan fingerprint density at radius 1 is 0.939 bits per heavy atom. The molecule has 0 bridgehead atoms. The summed E-state index contributed by atoms with van der Waals surface area (Å²) in [6.45, 7) is 1.47. The number of aromatic nitrogens is 2. The first-order valence-electron chi connectivity index (χ1n) is 10.4. The zero-order chi connectivity index (χ0) is 22.0. The lowest BCUT2D eigenvalue weighted by Crippen LogP contribution is -2.36. The number of ether oxygens (including phenoxy) is 1. The molecule has 4 aromatic rings. The van der Waals surface area contributed by atoms with Gasteiger partial charge in [0.05, 0.1) is 12.2 Å². The Balaban J connectivity index is 0.00000306. The third kappa shape index (κ3) is 7.04. The van der Waals surface area contributed by atoms with E-state index in [2.05, 4.69) is 25.6 Å². The Morgan fingerprint density at radius 3 is 2.42 bits per heavy atom. The third-order valence-electron chi connectivity index (χ3n) is 4.75. The topological polar surface area (TPSA) is 84.6 Å². The summed E-state index contributed by atoms with van der Waals surface area (Å²) in [4.78, 5) is 13.2. The van der Waals surface area contributed by atoms with E-state index >= 15 is 0 Å². The van der Waals surface area contributed by atoms with Crippen molar-refractivity contribution in [3.63, 3.8) is 0 Å². The minimum atomic E-state index is 0. The predicted octanol–water partition coefficient (Wildman–Crippen LogP) is 4.80. The normalized spacial score (nSPS) is 10.9. The molecule has 8 heteroatoms. The highest BCUT2D eigenvalue weighted by Crippen LogP contribution is 2.18. The lowest BCUT2D eigenvalue weighted by molar-refractivity contribution is 0.290. The number of aliphatic imine (C=N–C) groups is 1. The Bertz CT molecular complexity index is 1150. The van der Waals surface area contributed by atoms with Crippen LogP contribution in [0.1, 0.15) is 16.8 Å². The van der Waals surface area contributed by atoms with Crippen molar-refractivity contribution in [2.24, 2.45) is 4.99 Å². The number of halogens is 1. The van der Waals surface area contributed by atoms with E-state index in [1.165, 1.54) is 0 Å². The number of nitrogens with zero attached hydrogens (tertiary/aromatic N) is 3. The van der Waals surface area contributed by atoms with Crippen LogP contribution in [0.2, 0.25) is 0 Å².